The SMILES string of the molecule is Cc1cnc(-c2ccnc(C(C)(C)O)n2)cc1-n1c(C)cc([C@H]2C[C@@H]2c2ccccc2)c(Cl)c1=O. The van der Waals surface area contributed by atoms with Gasteiger partial charge in [0.25, 0.3) is 5.56 Å². The van der Waals surface area contributed by atoms with Gasteiger partial charge in [-0.3, -0.25) is 14.3 Å². The van der Waals surface area contributed by atoms with Crippen LogP contribution in [0.2, 0.25) is 5.02 Å². The van der Waals surface area contributed by atoms with Gasteiger partial charge in [0.05, 0.1) is 17.1 Å². The van der Waals surface area contributed by atoms with Crippen LogP contribution in [0.15, 0.2) is 65.7 Å². The summed E-state index contributed by atoms with van der Waals surface area (Å²) in [4.78, 5) is 26.7. The van der Waals surface area contributed by atoms with Crippen molar-refractivity contribution in [2.45, 2.75) is 51.6 Å². The number of aryl methyl sites for hydroxylation is 2. The second kappa shape index (κ2) is 8.70. The van der Waals surface area contributed by atoms with E-state index in [9.17, 15) is 9.90 Å². The fourth-order valence-electron chi connectivity index (χ4n) is 4.60. The Labute approximate surface area is 209 Å². The first-order chi connectivity index (χ1) is 16.6. The quantitative estimate of drug-likeness (QED) is 0.405. The van der Waals surface area contributed by atoms with Gasteiger partial charge in [-0.25, -0.2) is 9.97 Å². The van der Waals surface area contributed by atoms with E-state index in [2.05, 4.69) is 27.1 Å². The zero-order chi connectivity index (χ0) is 24.9. The number of nitrogens with zero attached hydrogens (tertiary/aromatic N) is 4. The molecule has 6 nitrogen and oxygen atoms in total. The van der Waals surface area contributed by atoms with E-state index in [4.69, 9.17) is 11.6 Å². The van der Waals surface area contributed by atoms with Gasteiger partial charge < -0.3 is 5.11 Å². The summed E-state index contributed by atoms with van der Waals surface area (Å²) in [7, 11) is 0. The second-order valence-corrected chi connectivity index (χ2v) is 10.1. The Kier molecular flexibility index (Phi) is 5.82. The Balaban J connectivity index is 1.55. The molecule has 0 aliphatic heterocycles. The Morgan fingerprint density at radius 2 is 1.77 bits per heavy atom. The largest absolute Gasteiger partial charge is 0.382 e. The van der Waals surface area contributed by atoms with Crippen molar-refractivity contribution >= 4 is 11.6 Å². The zero-order valence-electron chi connectivity index (χ0n) is 20.2. The Hall–Kier alpha value is -3.35. The Morgan fingerprint density at radius 1 is 1.03 bits per heavy atom. The van der Waals surface area contributed by atoms with Crippen molar-refractivity contribution in [1.82, 2.24) is 19.5 Å². The Bertz CT molecular complexity index is 1480. The van der Waals surface area contributed by atoms with Crippen LogP contribution in [0.25, 0.3) is 17.1 Å². The molecule has 178 valence electrons. The highest BCUT2D eigenvalue weighted by atomic mass is 35.5. The minimum atomic E-state index is -1.18. The summed E-state index contributed by atoms with van der Waals surface area (Å²) in [6.45, 7) is 7.11. The summed E-state index contributed by atoms with van der Waals surface area (Å²) in [6, 6.07) is 16.0. The van der Waals surface area contributed by atoms with Crippen LogP contribution in [0.3, 0.4) is 0 Å². The van der Waals surface area contributed by atoms with Crippen molar-refractivity contribution in [3.05, 3.63) is 105 Å². The van der Waals surface area contributed by atoms with Gasteiger partial charge in [0.15, 0.2) is 5.82 Å². The maximum Gasteiger partial charge on any atom is 0.274 e. The van der Waals surface area contributed by atoms with E-state index in [-0.39, 0.29) is 16.5 Å². The molecular formula is C28H27ClN4O2. The number of aromatic nitrogens is 4. The number of hydrogen-bond acceptors (Lipinski definition) is 5. The molecule has 2 atom stereocenters. The van der Waals surface area contributed by atoms with Crippen molar-refractivity contribution in [3.63, 3.8) is 0 Å². The summed E-state index contributed by atoms with van der Waals surface area (Å²) in [5, 5.41) is 10.6. The molecule has 35 heavy (non-hydrogen) atoms. The highest BCUT2D eigenvalue weighted by Gasteiger charge is 2.41. The lowest BCUT2D eigenvalue weighted by Gasteiger charge is -2.17. The predicted octanol–water partition coefficient (Wildman–Crippen LogP) is 5.46. The molecular weight excluding hydrogens is 460 g/mol. The standard InChI is InChI=1S/C28H27ClN4O2/c1-16-15-31-23(22-10-11-30-27(32-22)28(3,4)35)14-24(16)33-17(2)12-21(25(29)26(33)34)20-13-19(20)18-8-6-5-7-9-18/h5-12,14-15,19-20,35H,13H2,1-4H3/t19-,20+/m1/s1. The van der Waals surface area contributed by atoms with Gasteiger partial charge in [0.1, 0.15) is 10.6 Å². The van der Waals surface area contributed by atoms with Crippen molar-refractivity contribution in [2.75, 3.05) is 0 Å². The number of aliphatic hydroxyl groups is 1. The summed E-state index contributed by atoms with van der Waals surface area (Å²) < 4.78 is 1.64. The molecule has 4 aromatic rings. The van der Waals surface area contributed by atoms with E-state index in [0.29, 0.717) is 28.8 Å². The van der Waals surface area contributed by atoms with Crippen molar-refractivity contribution < 1.29 is 5.11 Å². The highest BCUT2D eigenvalue weighted by molar-refractivity contribution is 6.31. The fourth-order valence-corrected chi connectivity index (χ4v) is 4.88. The molecule has 1 N–H and O–H groups in total. The minimum absolute atomic E-state index is 0.236. The van der Waals surface area contributed by atoms with E-state index in [1.165, 1.54) is 5.56 Å². The first kappa shape index (κ1) is 23.4. The average molecular weight is 487 g/mol. The lowest BCUT2D eigenvalue weighted by Crippen LogP contribution is -2.23. The molecule has 1 aromatic carbocycles. The molecule has 1 aliphatic carbocycles. The average Bonchev–Trinajstić information content (AvgIpc) is 3.63. The third kappa shape index (κ3) is 4.40. The lowest BCUT2D eigenvalue weighted by molar-refractivity contribution is 0.0688. The summed E-state index contributed by atoms with van der Waals surface area (Å²) in [5.74, 6) is 0.943. The van der Waals surface area contributed by atoms with Gasteiger partial charge >= 0.3 is 0 Å². The molecule has 1 aliphatic rings. The lowest BCUT2D eigenvalue weighted by atomic mass is 10.0. The normalized spacial score (nSPS) is 17.4. The van der Waals surface area contributed by atoms with E-state index >= 15 is 0 Å². The molecule has 0 bridgehead atoms. The molecule has 0 spiro atoms. The van der Waals surface area contributed by atoms with Crippen molar-refractivity contribution in [1.29, 1.82) is 0 Å². The van der Waals surface area contributed by atoms with Crippen molar-refractivity contribution in [3.8, 4) is 17.1 Å². The van der Waals surface area contributed by atoms with Crippen molar-refractivity contribution in [2.24, 2.45) is 0 Å². The smallest absolute Gasteiger partial charge is 0.274 e. The van der Waals surface area contributed by atoms with E-state index in [1.54, 1.807) is 36.9 Å². The molecule has 0 radical (unpaired) electrons. The van der Waals surface area contributed by atoms with Gasteiger partial charge in [0, 0.05) is 18.1 Å². The van der Waals surface area contributed by atoms with Gasteiger partial charge in [0.2, 0.25) is 0 Å². The molecule has 0 unspecified atom stereocenters. The van der Waals surface area contributed by atoms with Gasteiger partial charge in [-0.1, -0.05) is 41.9 Å². The fraction of sp³-hybridized carbons (Fsp3) is 0.286. The number of halogens is 1. The second-order valence-electron chi connectivity index (χ2n) is 9.74. The van der Waals surface area contributed by atoms with Crippen LogP contribution < -0.4 is 5.56 Å². The first-order valence-electron chi connectivity index (χ1n) is 11.7. The van der Waals surface area contributed by atoms with Crippen LogP contribution >= 0.6 is 11.6 Å². The third-order valence-electron chi connectivity index (χ3n) is 6.56. The molecule has 0 amide bonds. The minimum Gasteiger partial charge on any atom is -0.382 e. The van der Waals surface area contributed by atoms with Crippen LogP contribution in [0.5, 0.6) is 0 Å². The van der Waals surface area contributed by atoms with Crippen LogP contribution in [-0.2, 0) is 5.60 Å². The monoisotopic (exact) mass is 486 g/mol. The highest BCUT2D eigenvalue weighted by Crippen LogP contribution is 2.55. The van der Waals surface area contributed by atoms with Crippen LogP contribution in [-0.4, -0.2) is 24.6 Å². The molecule has 3 aromatic heterocycles. The third-order valence-corrected chi connectivity index (χ3v) is 6.94. The Morgan fingerprint density at radius 3 is 2.49 bits per heavy atom. The van der Waals surface area contributed by atoms with Gasteiger partial charge in [-0.15, -0.1) is 0 Å². The summed E-state index contributed by atoms with van der Waals surface area (Å²) in [5.41, 5.74) is 4.27. The van der Waals surface area contributed by atoms with E-state index in [1.807, 2.05) is 44.2 Å². The first-order valence-corrected chi connectivity index (χ1v) is 12.0. The van der Waals surface area contributed by atoms with Crippen LogP contribution in [0.1, 0.15) is 60.3 Å². The van der Waals surface area contributed by atoms with Gasteiger partial charge in [-0.2, -0.15) is 0 Å². The summed E-state index contributed by atoms with van der Waals surface area (Å²) >= 11 is 6.69. The molecule has 0 saturated heterocycles. The summed E-state index contributed by atoms with van der Waals surface area (Å²) in [6.07, 6.45) is 4.30. The molecule has 1 saturated carbocycles. The number of benzene rings is 1. The van der Waals surface area contributed by atoms with Crippen LogP contribution in [0, 0.1) is 13.8 Å². The molecule has 7 heteroatoms. The molecule has 5 rings (SSSR count). The number of pyridine rings is 2. The maximum atomic E-state index is 13.5. The molecule has 1 fully saturated rings. The van der Waals surface area contributed by atoms with E-state index in [0.717, 1.165) is 23.2 Å². The zero-order valence-corrected chi connectivity index (χ0v) is 20.9. The van der Waals surface area contributed by atoms with Gasteiger partial charge in [-0.05, 0) is 80.8 Å². The number of rotatable bonds is 5. The van der Waals surface area contributed by atoms with Crippen LogP contribution in [0.4, 0.5) is 0 Å². The maximum absolute atomic E-state index is 13.5. The topological polar surface area (TPSA) is 80.9 Å². The molecule has 3 heterocycles. The predicted molar refractivity (Wildman–Crippen MR) is 137 cm³/mol. The van der Waals surface area contributed by atoms with E-state index < -0.39 is 5.60 Å². The number of hydrogen-bond donors (Lipinski definition) is 1.